The first-order chi connectivity index (χ1) is 33.9. The number of fused-ring (bicyclic) bond motifs is 2. The highest BCUT2D eigenvalue weighted by molar-refractivity contribution is 9.11. The second kappa shape index (κ2) is 26.1. The number of anilines is 3. The Balaban J connectivity index is 0.000000182. The van der Waals surface area contributed by atoms with Crippen molar-refractivity contribution in [2.75, 3.05) is 37.6 Å². The van der Waals surface area contributed by atoms with Crippen molar-refractivity contribution < 1.29 is 23.8 Å². The summed E-state index contributed by atoms with van der Waals surface area (Å²) in [7, 11) is 9.19. The van der Waals surface area contributed by atoms with Crippen molar-refractivity contribution in [3.05, 3.63) is 193 Å². The van der Waals surface area contributed by atoms with E-state index in [1.165, 1.54) is 12.1 Å². The minimum Gasteiger partial charge on any atom is -0.497 e. The van der Waals surface area contributed by atoms with Gasteiger partial charge in [-0.1, -0.05) is 104 Å². The van der Waals surface area contributed by atoms with Gasteiger partial charge < -0.3 is 30.2 Å². The number of nitrogens with zero attached hydrogens (tertiary/aromatic N) is 6. The first kappa shape index (κ1) is 55.4. The SMILES string of the molecule is CNc1ccc(Br)cc1N.CNc1ccc(Br)cc1[N+](=O)[O-].COc1ccc(C=O)cc1.Cn1c(-c2ccc(-c3nc4cc(Br)ccc4n3C)cc2)nc2cc(Br)ccc21.O=[N+]([O-])c1cc(Br)ccc1F. The average molecular weight is 1280 g/mol. The molecule has 0 spiro atoms. The lowest BCUT2D eigenvalue weighted by Gasteiger charge is -2.06. The molecule has 0 radical (unpaired) electrons. The number of aryl methyl sites for hydroxylation is 2. The van der Waals surface area contributed by atoms with Crippen molar-refractivity contribution in [3.63, 3.8) is 0 Å². The molecule has 0 aliphatic rings. The Labute approximate surface area is 449 Å². The van der Waals surface area contributed by atoms with Crippen LogP contribution in [0.15, 0.2) is 162 Å². The molecule has 2 aromatic heterocycles. The number of hydrogen-bond donors (Lipinski definition) is 3. The largest absolute Gasteiger partial charge is 0.497 e. The summed E-state index contributed by atoms with van der Waals surface area (Å²) in [6.45, 7) is 0. The molecule has 0 fully saturated rings. The summed E-state index contributed by atoms with van der Waals surface area (Å²) in [6.07, 6.45) is 0.805. The summed E-state index contributed by atoms with van der Waals surface area (Å²) in [4.78, 5) is 39.2. The summed E-state index contributed by atoms with van der Waals surface area (Å²) in [5, 5.41) is 26.3. The zero-order chi connectivity index (χ0) is 51.9. The molecule has 0 bridgehead atoms. The highest BCUT2D eigenvalue weighted by Crippen LogP contribution is 2.31. The molecule has 2 heterocycles. The van der Waals surface area contributed by atoms with Gasteiger partial charge in [0.15, 0.2) is 0 Å². The minimum atomic E-state index is -0.821. The third-order valence-electron chi connectivity index (χ3n) is 10.2. The predicted molar refractivity (Wildman–Crippen MR) is 299 cm³/mol. The molecule has 0 amide bonds. The lowest BCUT2D eigenvalue weighted by Crippen LogP contribution is -1.95. The maximum absolute atomic E-state index is 12.6. The Morgan fingerprint density at radius 1 is 0.592 bits per heavy atom. The van der Waals surface area contributed by atoms with Crippen molar-refractivity contribution in [2.24, 2.45) is 14.1 Å². The van der Waals surface area contributed by atoms with Gasteiger partial charge in [-0.05, 0) is 103 Å². The molecule has 0 atom stereocenters. The topological polar surface area (TPSA) is 198 Å². The van der Waals surface area contributed by atoms with Crippen LogP contribution in [0.4, 0.5) is 32.8 Å². The number of ether oxygens (including phenoxy) is 1. The average Bonchev–Trinajstić information content (AvgIpc) is 3.87. The Morgan fingerprint density at radius 3 is 1.41 bits per heavy atom. The van der Waals surface area contributed by atoms with Gasteiger partial charge in [0, 0.05) is 79.4 Å². The van der Waals surface area contributed by atoms with E-state index in [2.05, 4.69) is 150 Å². The van der Waals surface area contributed by atoms with Gasteiger partial charge in [-0.15, -0.1) is 0 Å². The highest BCUT2D eigenvalue weighted by Gasteiger charge is 2.15. The number of nitrogens with one attached hydrogen (secondary N) is 2. The summed E-state index contributed by atoms with van der Waals surface area (Å²) in [6, 6.07) is 41.9. The fourth-order valence-electron chi connectivity index (χ4n) is 6.57. The molecular formula is C50H43Br5FN9O6. The van der Waals surface area contributed by atoms with Gasteiger partial charge in [0.25, 0.3) is 5.69 Å². The van der Waals surface area contributed by atoms with Gasteiger partial charge in [-0.2, -0.15) is 4.39 Å². The van der Waals surface area contributed by atoms with Crippen LogP contribution < -0.4 is 21.1 Å². The molecule has 0 saturated heterocycles. The minimum absolute atomic E-state index is 0.0758. The van der Waals surface area contributed by atoms with Crippen LogP contribution in [0.1, 0.15) is 10.4 Å². The van der Waals surface area contributed by atoms with E-state index in [-0.39, 0.29) is 5.69 Å². The van der Waals surface area contributed by atoms with Crippen LogP contribution in [-0.4, -0.2) is 56.4 Å². The van der Waals surface area contributed by atoms with Crippen LogP contribution in [0, 0.1) is 26.0 Å². The Kier molecular flexibility index (Phi) is 20.4. The summed E-state index contributed by atoms with van der Waals surface area (Å²) in [5.74, 6) is 1.85. The second-order valence-electron chi connectivity index (χ2n) is 14.7. The summed E-state index contributed by atoms with van der Waals surface area (Å²) in [5.41, 5.74) is 14.5. The van der Waals surface area contributed by atoms with E-state index in [4.69, 9.17) is 20.4 Å². The van der Waals surface area contributed by atoms with Crippen LogP contribution in [-0.2, 0) is 14.1 Å². The molecule has 0 saturated carbocycles. The third-order valence-corrected chi connectivity index (χ3v) is 12.6. The third kappa shape index (κ3) is 15.0. The standard InChI is InChI=1S/C22H16Br2N4.C8H8O2.C7H7BrN2O2.C7H9BrN2.C6H3BrFNO2/c1-27-19-9-7-15(23)11-17(19)25-21(27)13-3-5-14(6-4-13)22-26-18-12-16(24)8-10-20(18)28(22)2;1-10-8-4-2-7(6-9)3-5-8;1-9-6-3-2-5(8)4-7(6)10(11)12;1-10-7-3-2-5(8)4-6(7)9;7-4-1-2-5(8)6(3-4)9(10)11/h3-12H,1-2H3;2-6H,1H3;2-4,9H,1H3;2-4,10H,9H2,1H3;1-3H. The lowest BCUT2D eigenvalue weighted by atomic mass is 10.1. The maximum Gasteiger partial charge on any atom is 0.305 e. The van der Waals surface area contributed by atoms with E-state index in [0.29, 0.717) is 20.2 Å². The van der Waals surface area contributed by atoms with Gasteiger partial charge in [0.2, 0.25) is 5.82 Å². The molecule has 21 heteroatoms. The fourth-order valence-corrected chi connectivity index (χ4v) is 8.34. The lowest BCUT2D eigenvalue weighted by molar-refractivity contribution is -0.387. The number of aromatic nitrogens is 4. The number of benzene rings is 7. The van der Waals surface area contributed by atoms with E-state index in [1.54, 1.807) is 50.6 Å². The van der Waals surface area contributed by atoms with E-state index in [0.717, 1.165) is 93.8 Å². The van der Waals surface area contributed by atoms with Gasteiger partial charge in [0.05, 0.1) is 50.4 Å². The Hall–Kier alpha value is -6.52. The normalized spacial score (nSPS) is 10.2. The molecule has 0 aliphatic carbocycles. The number of nitrogen functional groups attached to an aromatic ring is 1. The second-order valence-corrected chi connectivity index (χ2v) is 19.3. The van der Waals surface area contributed by atoms with Crippen LogP contribution in [0.25, 0.3) is 44.8 Å². The number of imidazole rings is 2. The summed E-state index contributed by atoms with van der Waals surface area (Å²) >= 11 is 16.5. The number of hydrogen-bond acceptors (Lipinski definition) is 11. The van der Waals surface area contributed by atoms with Crippen LogP contribution >= 0.6 is 79.6 Å². The van der Waals surface area contributed by atoms with Gasteiger partial charge in [-0.3, -0.25) is 25.0 Å². The maximum atomic E-state index is 12.6. The molecule has 71 heavy (non-hydrogen) atoms. The quantitative estimate of drug-likeness (QED) is 0.0566. The fraction of sp³-hybridized carbons (Fsp3) is 0.100. The first-order valence-electron chi connectivity index (χ1n) is 20.8. The monoisotopic (exact) mass is 1280 g/mol. The smallest absolute Gasteiger partial charge is 0.305 e. The molecule has 0 unspecified atom stereocenters. The van der Waals surface area contributed by atoms with E-state index >= 15 is 0 Å². The molecule has 0 aliphatic heterocycles. The van der Waals surface area contributed by atoms with Gasteiger partial charge in [0.1, 0.15) is 29.4 Å². The molecule has 4 N–H and O–H groups in total. The van der Waals surface area contributed by atoms with Gasteiger partial charge in [-0.25, -0.2) is 9.97 Å². The Morgan fingerprint density at radius 2 is 1.00 bits per heavy atom. The molecular weight excluding hydrogens is 1240 g/mol. The number of nitro groups is 2. The van der Waals surface area contributed by atoms with Crippen LogP contribution in [0.5, 0.6) is 5.75 Å². The molecule has 9 aromatic rings. The number of halogens is 6. The number of nitro benzene ring substituents is 2. The zero-order valence-electron chi connectivity index (χ0n) is 38.3. The zero-order valence-corrected chi connectivity index (χ0v) is 46.3. The van der Waals surface area contributed by atoms with Crippen LogP contribution in [0.3, 0.4) is 0 Å². The molecule has 15 nitrogen and oxygen atoms in total. The first-order valence-corrected chi connectivity index (χ1v) is 24.7. The van der Waals surface area contributed by atoms with Crippen molar-refractivity contribution >= 4 is 136 Å². The van der Waals surface area contributed by atoms with Gasteiger partial charge >= 0.3 is 5.69 Å². The number of carbonyl (C=O) groups is 1. The molecule has 366 valence electrons. The number of nitrogens with two attached hydrogens (primary N) is 1. The van der Waals surface area contributed by atoms with E-state index in [1.807, 2.05) is 49.5 Å². The highest BCUT2D eigenvalue weighted by atomic mass is 79.9. The van der Waals surface area contributed by atoms with Crippen molar-refractivity contribution in [2.45, 2.75) is 0 Å². The van der Waals surface area contributed by atoms with E-state index < -0.39 is 21.4 Å². The number of aldehydes is 1. The van der Waals surface area contributed by atoms with E-state index in [9.17, 15) is 29.4 Å². The van der Waals surface area contributed by atoms with Crippen molar-refractivity contribution in [3.8, 4) is 28.5 Å². The molecule has 9 rings (SSSR count). The number of carbonyl (C=O) groups excluding carboxylic acids is 1. The number of methoxy groups -OCH3 is 1. The summed E-state index contributed by atoms with van der Waals surface area (Å²) < 4.78 is 26.0. The Bertz CT molecular complexity index is 3210. The predicted octanol–water partition coefficient (Wildman–Crippen LogP) is 14.8. The number of rotatable bonds is 8. The molecule has 7 aromatic carbocycles. The van der Waals surface area contributed by atoms with Crippen molar-refractivity contribution in [1.82, 2.24) is 19.1 Å². The van der Waals surface area contributed by atoms with Crippen LogP contribution in [0.2, 0.25) is 0 Å². The van der Waals surface area contributed by atoms with Crippen molar-refractivity contribution in [1.29, 1.82) is 0 Å².